The second-order valence-electron chi connectivity index (χ2n) is 4.15. The molecule has 2 unspecified atom stereocenters. The minimum atomic E-state index is -0.0579. The van der Waals surface area contributed by atoms with E-state index >= 15 is 0 Å². The molecule has 0 aromatic rings. The van der Waals surface area contributed by atoms with Gasteiger partial charge in [0.15, 0.2) is 5.78 Å². The minimum Gasteiger partial charge on any atom is -0.329 e. The first-order valence-corrected chi connectivity index (χ1v) is 5.26. The summed E-state index contributed by atoms with van der Waals surface area (Å²) in [5.74, 6) is 0.188. The van der Waals surface area contributed by atoms with Crippen molar-refractivity contribution in [3.05, 3.63) is 23.8 Å². The molecule has 15 heavy (non-hydrogen) atoms. The Morgan fingerprint density at radius 1 is 1.40 bits per heavy atom. The fourth-order valence-electron chi connectivity index (χ4n) is 2.57. The van der Waals surface area contributed by atoms with Gasteiger partial charge in [-0.1, -0.05) is 18.2 Å². The van der Waals surface area contributed by atoms with Crippen LogP contribution in [-0.2, 0) is 4.79 Å². The Balaban J connectivity index is 2.07. The lowest BCUT2D eigenvalue weighted by molar-refractivity contribution is -0.115. The molecular formula is C11H12N2O2. The molecule has 0 spiro atoms. The molecule has 2 saturated heterocycles. The molecule has 3 rings (SSSR count). The first kappa shape index (κ1) is 8.71. The SMILES string of the molecule is O=C1CCCN2C(=O)NC3C=CC=C1C32. The molecule has 0 radical (unpaired) electrons. The van der Waals surface area contributed by atoms with E-state index < -0.39 is 0 Å². The molecule has 4 nitrogen and oxygen atoms in total. The summed E-state index contributed by atoms with van der Waals surface area (Å²) in [6, 6.07) is -0.116. The van der Waals surface area contributed by atoms with E-state index in [9.17, 15) is 9.59 Å². The summed E-state index contributed by atoms with van der Waals surface area (Å²) in [4.78, 5) is 25.2. The van der Waals surface area contributed by atoms with Gasteiger partial charge in [-0.15, -0.1) is 0 Å². The quantitative estimate of drug-likeness (QED) is 0.628. The van der Waals surface area contributed by atoms with Gasteiger partial charge in [0.2, 0.25) is 0 Å². The molecule has 2 heterocycles. The van der Waals surface area contributed by atoms with E-state index in [-0.39, 0.29) is 23.9 Å². The number of nitrogens with one attached hydrogen (secondary N) is 1. The Morgan fingerprint density at radius 2 is 2.27 bits per heavy atom. The summed E-state index contributed by atoms with van der Waals surface area (Å²) >= 11 is 0. The maximum Gasteiger partial charge on any atom is 0.318 e. The topological polar surface area (TPSA) is 49.4 Å². The molecule has 0 saturated carbocycles. The van der Waals surface area contributed by atoms with E-state index in [2.05, 4.69) is 5.32 Å². The number of allylic oxidation sites excluding steroid dienone is 2. The van der Waals surface area contributed by atoms with Crippen LogP contribution in [0, 0.1) is 0 Å². The highest BCUT2D eigenvalue weighted by atomic mass is 16.2. The van der Waals surface area contributed by atoms with Crippen LogP contribution in [0.3, 0.4) is 0 Å². The van der Waals surface area contributed by atoms with Crippen molar-refractivity contribution in [2.75, 3.05) is 6.54 Å². The average Bonchev–Trinajstić information content (AvgIpc) is 2.43. The Bertz CT molecular complexity index is 397. The number of hydrogen-bond donors (Lipinski definition) is 1. The summed E-state index contributed by atoms with van der Waals surface area (Å²) in [5, 5.41) is 2.88. The van der Waals surface area contributed by atoms with Crippen LogP contribution in [0.15, 0.2) is 23.8 Å². The van der Waals surface area contributed by atoms with Crippen LogP contribution >= 0.6 is 0 Å². The van der Waals surface area contributed by atoms with Gasteiger partial charge in [0.1, 0.15) is 0 Å². The van der Waals surface area contributed by atoms with Gasteiger partial charge in [-0.05, 0) is 6.42 Å². The fraction of sp³-hybridized carbons (Fsp3) is 0.455. The number of amides is 2. The molecule has 2 aliphatic heterocycles. The number of nitrogens with zero attached hydrogens (tertiary/aromatic N) is 1. The molecule has 2 fully saturated rings. The Morgan fingerprint density at radius 3 is 3.13 bits per heavy atom. The molecule has 78 valence electrons. The second-order valence-corrected chi connectivity index (χ2v) is 4.15. The van der Waals surface area contributed by atoms with Crippen LogP contribution in [0.25, 0.3) is 0 Å². The van der Waals surface area contributed by atoms with E-state index in [4.69, 9.17) is 0 Å². The van der Waals surface area contributed by atoms with Crippen molar-refractivity contribution in [2.24, 2.45) is 0 Å². The van der Waals surface area contributed by atoms with Crippen molar-refractivity contribution in [1.82, 2.24) is 10.2 Å². The van der Waals surface area contributed by atoms with E-state index in [0.29, 0.717) is 13.0 Å². The molecule has 0 aromatic heterocycles. The van der Waals surface area contributed by atoms with Crippen molar-refractivity contribution in [2.45, 2.75) is 24.9 Å². The third kappa shape index (κ3) is 1.14. The smallest absolute Gasteiger partial charge is 0.318 e. The highest BCUT2D eigenvalue weighted by molar-refractivity contribution is 5.99. The molecule has 1 aliphatic carbocycles. The molecule has 2 atom stereocenters. The number of hydrogen-bond acceptors (Lipinski definition) is 2. The Kier molecular flexibility index (Phi) is 1.71. The molecule has 2 amide bonds. The van der Waals surface area contributed by atoms with Crippen LogP contribution in [0.4, 0.5) is 4.79 Å². The van der Waals surface area contributed by atoms with Gasteiger partial charge in [-0.3, -0.25) is 4.79 Å². The van der Waals surface area contributed by atoms with Crippen LogP contribution < -0.4 is 5.32 Å². The van der Waals surface area contributed by atoms with Crippen molar-refractivity contribution in [1.29, 1.82) is 0 Å². The first-order valence-electron chi connectivity index (χ1n) is 5.26. The fourth-order valence-corrected chi connectivity index (χ4v) is 2.57. The molecule has 0 aromatic carbocycles. The van der Waals surface area contributed by atoms with Gasteiger partial charge >= 0.3 is 6.03 Å². The van der Waals surface area contributed by atoms with E-state index in [1.54, 1.807) is 4.90 Å². The zero-order valence-electron chi connectivity index (χ0n) is 8.27. The summed E-state index contributed by atoms with van der Waals surface area (Å²) in [6.07, 6.45) is 7.00. The summed E-state index contributed by atoms with van der Waals surface area (Å²) in [5.41, 5.74) is 0.790. The summed E-state index contributed by atoms with van der Waals surface area (Å²) < 4.78 is 0. The molecule has 4 heteroatoms. The van der Waals surface area contributed by atoms with Gasteiger partial charge in [-0.25, -0.2) is 4.79 Å². The van der Waals surface area contributed by atoms with Gasteiger partial charge in [0.25, 0.3) is 0 Å². The number of carbonyl (C=O) groups excluding carboxylic acids is 2. The maximum atomic E-state index is 11.8. The zero-order chi connectivity index (χ0) is 10.4. The highest BCUT2D eigenvalue weighted by Crippen LogP contribution is 2.29. The Labute approximate surface area is 87.6 Å². The molecule has 3 aliphatic rings. The van der Waals surface area contributed by atoms with Crippen LogP contribution in [0.1, 0.15) is 12.8 Å². The number of ketones is 1. The lowest BCUT2D eigenvalue weighted by atomic mass is 9.92. The molecule has 1 N–H and O–H groups in total. The van der Waals surface area contributed by atoms with Gasteiger partial charge in [-0.2, -0.15) is 0 Å². The van der Waals surface area contributed by atoms with Crippen LogP contribution in [-0.4, -0.2) is 35.3 Å². The van der Waals surface area contributed by atoms with E-state index in [1.807, 2.05) is 18.2 Å². The second kappa shape index (κ2) is 2.95. The standard InChI is InChI=1S/C11H12N2O2/c14-9-5-2-6-13-10-7(9)3-1-4-8(10)12-11(13)15/h1,3-4,8,10H,2,5-6H2,(H,12,15). The molecular weight excluding hydrogens is 192 g/mol. The van der Waals surface area contributed by atoms with Crippen molar-refractivity contribution in [3.63, 3.8) is 0 Å². The van der Waals surface area contributed by atoms with E-state index in [1.165, 1.54) is 0 Å². The third-order valence-electron chi connectivity index (χ3n) is 3.26. The number of Topliss-reactive ketones (excluding diaryl/α,β-unsaturated/α-hetero) is 1. The normalized spacial score (nSPS) is 33.3. The third-order valence-corrected chi connectivity index (χ3v) is 3.26. The van der Waals surface area contributed by atoms with Crippen LogP contribution in [0.5, 0.6) is 0 Å². The van der Waals surface area contributed by atoms with Crippen molar-refractivity contribution < 1.29 is 9.59 Å². The highest BCUT2D eigenvalue weighted by Gasteiger charge is 2.43. The first-order chi connectivity index (χ1) is 7.27. The maximum absolute atomic E-state index is 11.8. The van der Waals surface area contributed by atoms with Gasteiger partial charge in [0, 0.05) is 18.5 Å². The lowest BCUT2D eigenvalue weighted by Gasteiger charge is -2.25. The largest absolute Gasteiger partial charge is 0.329 e. The van der Waals surface area contributed by atoms with Gasteiger partial charge < -0.3 is 10.2 Å². The summed E-state index contributed by atoms with van der Waals surface area (Å²) in [6.45, 7) is 0.684. The number of carbonyl (C=O) groups is 2. The van der Waals surface area contributed by atoms with Crippen LogP contribution in [0.2, 0.25) is 0 Å². The predicted octanol–water partition coefficient (Wildman–Crippen LogP) is 0.608. The lowest BCUT2D eigenvalue weighted by Crippen LogP contribution is -2.39. The summed E-state index contributed by atoms with van der Waals surface area (Å²) in [7, 11) is 0. The molecule has 0 bridgehead atoms. The van der Waals surface area contributed by atoms with E-state index in [0.717, 1.165) is 12.0 Å². The Hall–Kier alpha value is -1.58. The monoisotopic (exact) mass is 204 g/mol. The number of urea groups is 1. The zero-order valence-corrected chi connectivity index (χ0v) is 8.27. The minimum absolute atomic E-state index is 0.0143. The predicted molar refractivity (Wildman–Crippen MR) is 54.3 cm³/mol. The number of rotatable bonds is 0. The van der Waals surface area contributed by atoms with Gasteiger partial charge in [0.05, 0.1) is 12.1 Å². The van der Waals surface area contributed by atoms with Crippen molar-refractivity contribution >= 4 is 11.8 Å². The average molecular weight is 204 g/mol. The van der Waals surface area contributed by atoms with Crippen molar-refractivity contribution in [3.8, 4) is 0 Å².